The molecule has 0 spiro atoms. The van der Waals surface area contributed by atoms with Gasteiger partial charge in [0.25, 0.3) is 0 Å². The molecule has 7 heteroatoms. The standard InChI is InChI=1S/C22H31N2O4P/c1-5-18-10-9-11-19(6-2)21(18)24-22(25)23-20-14-12-17(13-15-20)16-29(26,27-7-3)28-8-4/h9-15H,5-8,16H2,1-4H3,(H2,23,24,25). The minimum Gasteiger partial charge on any atom is -0.309 e. The monoisotopic (exact) mass is 418 g/mol. The van der Waals surface area contributed by atoms with Crippen LogP contribution >= 0.6 is 7.60 Å². The molecule has 6 nitrogen and oxygen atoms in total. The second kappa shape index (κ2) is 11.1. The minimum absolute atomic E-state index is 0.199. The molecular formula is C22H31N2O4P. The maximum Gasteiger partial charge on any atom is 0.335 e. The number of rotatable bonds is 10. The van der Waals surface area contributed by atoms with Crippen molar-refractivity contribution >= 4 is 25.0 Å². The first kappa shape index (κ1) is 23.1. The van der Waals surface area contributed by atoms with E-state index in [9.17, 15) is 9.36 Å². The summed E-state index contributed by atoms with van der Waals surface area (Å²) in [7, 11) is -3.15. The van der Waals surface area contributed by atoms with Gasteiger partial charge in [-0.1, -0.05) is 44.2 Å². The summed E-state index contributed by atoms with van der Waals surface area (Å²) in [4.78, 5) is 12.5. The molecule has 0 radical (unpaired) electrons. The summed E-state index contributed by atoms with van der Waals surface area (Å²) in [6.45, 7) is 8.38. The lowest BCUT2D eigenvalue weighted by Gasteiger charge is -2.17. The van der Waals surface area contributed by atoms with Crippen LogP contribution in [0.3, 0.4) is 0 Å². The van der Waals surface area contributed by atoms with Gasteiger partial charge in [-0.25, -0.2) is 4.79 Å². The smallest absolute Gasteiger partial charge is 0.309 e. The van der Waals surface area contributed by atoms with Crippen molar-refractivity contribution in [3.05, 3.63) is 59.2 Å². The number of carbonyl (C=O) groups is 1. The maximum atomic E-state index is 12.6. The number of hydrogen-bond donors (Lipinski definition) is 2. The van der Waals surface area contributed by atoms with Gasteiger partial charge in [-0.05, 0) is 55.5 Å². The number of para-hydroxylation sites is 1. The van der Waals surface area contributed by atoms with Gasteiger partial charge < -0.3 is 19.7 Å². The molecule has 2 aromatic carbocycles. The number of aryl methyl sites for hydroxylation is 2. The van der Waals surface area contributed by atoms with Crippen molar-refractivity contribution in [2.75, 3.05) is 23.8 Å². The third-order valence-electron chi connectivity index (χ3n) is 4.48. The van der Waals surface area contributed by atoms with E-state index in [-0.39, 0.29) is 12.2 Å². The molecule has 2 rings (SSSR count). The lowest BCUT2D eigenvalue weighted by Crippen LogP contribution is -2.21. The molecule has 0 aliphatic rings. The highest BCUT2D eigenvalue weighted by atomic mass is 31.2. The van der Waals surface area contributed by atoms with Crippen molar-refractivity contribution in [3.63, 3.8) is 0 Å². The molecule has 0 bridgehead atoms. The van der Waals surface area contributed by atoms with Crippen LogP contribution in [0.1, 0.15) is 44.4 Å². The Morgan fingerprint density at radius 1 is 0.862 bits per heavy atom. The summed E-state index contributed by atoms with van der Waals surface area (Å²) in [5.74, 6) is 0. The molecule has 0 aliphatic heterocycles. The largest absolute Gasteiger partial charge is 0.335 e. The van der Waals surface area contributed by atoms with Crippen LogP contribution in [0, 0.1) is 0 Å². The highest BCUT2D eigenvalue weighted by Crippen LogP contribution is 2.51. The van der Waals surface area contributed by atoms with E-state index in [2.05, 4.69) is 24.5 Å². The quantitative estimate of drug-likeness (QED) is 0.449. The molecule has 0 saturated carbocycles. The Morgan fingerprint density at radius 2 is 1.41 bits per heavy atom. The van der Waals surface area contributed by atoms with Crippen LogP contribution in [0.2, 0.25) is 0 Å². The van der Waals surface area contributed by atoms with E-state index < -0.39 is 7.60 Å². The first-order chi connectivity index (χ1) is 13.9. The second-order valence-electron chi connectivity index (χ2n) is 6.54. The summed E-state index contributed by atoms with van der Waals surface area (Å²) < 4.78 is 23.3. The molecule has 0 saturated heterocycles. The molecule has 0 heterocycles. The average molecular weight is 418 g/mol. The van der Waals surface area contributed by atoms with Crippen molar-refractivity contribution in [1.29, 1.82) is 0 Å². The van der Waals surface area contributed by atoms with Crippen LogP contribution in [0.15, 0.2) is 42.5 Å². The Kier molecular flexibility index (Phi) is 8.90. The van der Waals surface area contributed by atoms with Crippen molar-refractivity contribution in [3.8, 4) is 0 Å². The van der Waals surface area contributed by atoms with Crippen molar-refractivity contribution in [2.45, 2.75) is 46.7 Å². The van der Waals surface area contributed by atoms with E-state index in [1.54, 1.807) is 26.0 Å². The molecule has 2 amide bonds. The topological polar surface area (TPSA) is 76.7 Å². The van der Waals surface area contributed by atoms with E-state index >= 15 is 0 Å². The summed E-state index contributed by atoms with van der Waals surface area (Å²) in [5, 5.41) is 5.83. The summed E-state index contributed by atoms with van der Waals surface area (Å²) >= 11 is 0. The number of nitrogens with one attached hydrogen (secondary N) is 2. The third-order valence-corrected chi connectivity index (χ3v) is 6.53. The summed E-state index contributed by atoms with van der Waals surface area (Å²) in [5.41, 5.74) is 4.57. The van der Waals surface area contributed by atoms with Gasteiger partial charge in [-0.3, -0.25) is 4.57 Å². The Morgan fingerprint density at radius 3 is 1.90 bits per heavy atom. The van der Waals surface area contributed by atoms with Crippen molar-refractivity contribution < 1.29 is 18.4 Å². The fraction of sp³-hybridized carbons (Fsp3) is 0.409. The molecule has 0 unspecified atom stereocenters. The number of hydrogen-bond acceptors (Lipinski definition) is 4. The van der Waals surface area contributed by atoms with Crippen LogP contribution in [0.5, 0.6) is 0 Å². The number of amides is 2. The van der Waals surface area contributed by atoms with Crippen LogP contribution in [-0.2, 0) is 32.6 Å². The van der Waals surface area contributed by atoms with E-state index in [1.165, 1.54) is 0 Å². The highest BCUT2D eigenvalue weighted by molar-refractivity contribution is 7.53. The van der Waals surface area contributed by atoms with Gasteiger partial charge in [0, 0.05) is 11.4 Å². The average Bonchev–Trinajstić information content (AvgIpc) is 2.70. The summed E-state index contributed by atoms with van der Waals surface area (Å²) in [6, 6.07) is 13.0. The second-order valence-corrected chi connectivity index (χ2v) is 8.59. The molecule has 0 fully saturated rings. The van der Waals surface area contributed by atoms with Gasteiger partial charge in [-0.15, -0.1) is 0 Å². The predicted octanol–water partition coefficient (Wildman–Crippen LogP) is 6.22. The zero-order valence-electron chi connectivity index (χ0n) is 17.7. The van der Waals surface area contributed by atoms with Crippen LogP contribution in [0.25, 0.3) is 0 Å². The molecule has 2 aromatic rings. The SMILES string of the molecule is CCOP(=O)(Cc1ccc(NC(=O)Nc2c(CC)cccc2CC)cc1)OCC. The van der Waals surface area contributed by atoms with E-state index in [4.69, 9.17) is 9.05 Å². The molecule has 2 N–H and O–H groups in total. The van der Waals surface area contributed by atoms with Crippen LogP contribution in [0.4, 0.5) is 16.2 Å². The lowest BCUT2D eigenvalue weighted by molar-refractivity contribution is 0.219. The first-order valence-electron chi connectivity index (χ1n) is 10.1. The molecule has 0 aliphatic carbocycles. The van der Waals surface area contributed by atoms with Crippen molar-refractivity contribution in [2.24, 2.45) is 0 Å². The minimum atomic E-state index is -3.15. The molecule has 0 aromatic heterocycles. The van der Waals surface area contributed by atoms with Gasteiger partial charge in [0.05, 0.1) is 19.4 Å². The van der Waals surface area contributed by atoms with E-state index in [0.29, 0.717) is 18.9 Å². The van der Waals surface area contributed by atoms with E-state index in [1.807, 2.05) is 30.3 Å². The van der Waals surface area contributed by atoms with Gasteiger partial charge in [0.1, 0.15) is 0 Å². The highest BCUT2D eigenvalue weighted by Gasteiger charge is 2.23. The van der Waals surface area contributed by atoms with Crippen molar-refractivity contribution in [1.82, 2.24) is 0 Å². The predicted molar refractivity (Wildman–Crippen MR) is 119 cm³/mol. The normalized spacial score (nSPS) is 11.3. The van der Waals surface area contributed by atoms with Gasteiger partial charge in [0.15, 0.2) is 0 Å². The van der Waals surface area contributed by atoms with Crippen LogP contribution < -0.4 is 10.6 Å². The molecule has 158 valence electrons. The van der Waals surface area contributed by atoms with Gasteiger partial charge in [-0.2, -0.15) is 0 Å². The van der Waals surface area contributed by atoms with Gasteiger partial charge in [0.2, 0.25) is 0 Å². The molecule has 0 atom stereocenters. The Labute approximate surface area is 173 Å². The summed E-state index contributed by atoms with van der Waals surface area (Å²) in [6.07, 6.45) is 1.89. The lowest BCUT2D eigenvalue weighted by atomic mass is 10.0. The van der Waals surface area contributed by atoms with Crippen LogP contribution in [-0.4, -0.2) is 19.2 Å². The fourth-order valence-corrected chi connectivity index (χ4v) is 4.82. The van der Waals surface area contributed by atoms with Gasteiger partial charge >= 0.3 is 13.6 Å². The number of urea groups is 1. The maximum absolute atomic E-state index is 12.6. The Bertz CT molecular complexity index is 820. The Balaban J connectivity index is 2.05. The number of benzene rings is 2. The third kappa shape index (κ3) is 6.70. The zero-order chi connectivity index (χ0) is 21.3. The number of anilines is 2. The Hall–Kier alpha value is -2.14. The first-order valence-corrected chi connectivity index (χ1v) is 11.8. The molecular weight excluding hydrogens is 387 g/mol. The molecule has 29 heavy (non-hydrogen) atoms. The fourth-order valence-electron chi connectivity index (χ4n) is 3.12. The number of carbonyl (C=O) groups excluding carboxylic acids is 1. The zero-order valence-corrected chi connectivity index (χ0v) is 18.6. The van der Waals surface area contributed by atoms with E-state index in [0.717, 1.165) is 35.2 Å².